The summed E-state index contributed by atoms with van der Waals surface area (Å²) >= 11 is 5.90. The van der Waals surface area contributed by atoms with E-state index in [0.717, 1.165) is 49.9 Å². The molecule has 0 spiro atoms. The van der Waals surface area contributed by atoms with E-state index in [1.54, 1.807) is 12.1 Å². The molecule has 1 aromatic carbocycles. The normalized spacial score (nSPS) is 18.8. The molecule has 7 heteroatoms. The summed E-state index contributed by atoms with van der Waals surface area (Å²) in [6.45, 7) is 1.99. The van der Waals surface area contributed by atoms with Gasteiger partial charge in [0, 0.05) is 12.5 Å². The van der Waals surface area contributed by atoms with E-state index in [4.69, 9.17) is 11.6 Å². The fourth-order valence-corrected chi connectivity index (χ4v) is 4.14. The van der Waals surface area contributed by atoms with Crippen molar-refractivity contribution in [1.82, 2.24) is 10.3 Å². The first kappa shape index (κ1) is 22.2. The number of halogens is 2. The number of phenolic OH excluding ortho intramolecular Hbond substituents is 1. The van der Waals surface area contributed by atoms with Gasteiger partial charge in [-0.25, -0.2) is 9.37 Å². The Morgan fingerprint density at radius 3 is 2.60 bits per heavy atom. The second-order valence-electron chi connectivity index (χ2n) is 7.85. The molecule has 1 aromatic heterocycles. The van der Waals surface area contributed by atoms with E-state index < -0.39 is 5.82 Å². The van der Waals surface area contributed by atoms with Crippen LogP contribution in [0.15, 0.2) is 30.5 Å². The number of aromatic nitrogens is 1. The van der Waals surface area contributed by atoms with Crippen molar-refractivity contribution in [1.29, 1.82) is 0 Å². The van der Waals surface area contributed by atoms with Crippen LogP contribution in [-0.4, -0.2) is 27.8 Å². The van der Waals surface area contributed by atoms with E-state index in [1.807, 2.05) is 13.0 Å². The molecule has 0 atom stereocenters. The SMILES string of the molecule is CCc1ccc(C(=O)NC2CCC(CCC(=O)c3cc(F)cnc3Cl)CC2)c(O)c1. The molecule has 0 bridgehead atoms. The van der Waals surface area contributed by atoms with E-state index in [1.165, 1.54) is 0 Å². The highest BCUT2D eigenvalue weighted by molar-refractivity contribution is 6.32. The predicted octanol–water partition coefficient (Wildman–Crippen LogP) is 5.09. The van der Waals surface area contributed by atoms with Gasteiger partial charge >= 0.3 is 0 Å². The topological polar surface area (TPSA) is 79.3 Å². The van der Waals surface area contributed by atoms with Crippen LogP contribution < -0.4 is 5.32 Å². The molecule has 2 aromatic rings. The van der Waals surface area contributed by atoms with E-state index in [0.29, 0.717) is 24.3 Å². The third-order valence-corrected chi connectivity index (χ3v) is 6.08. The van der Waals surface area contributed by atoms with Gasteiger partial charge < -0.3 is 10.4 Å². The van der Waals surface area contributed by atoms with Gasteiger partial charge in [0.25, 0.3) is 5.91 Å². The van der Waals surface area contributed by atoms with Crippen LogP contribution in [0.3, 0.4) is 0 Å². The summed E-state index contributed by atoms with van der Waals surface area (Å²) in [5, 5.41) is 13.1. The number of hydrogen-bond acceptors (Lipinski definition) is 4. The number of hydrogen-bond donors (Lipinski definition) is 2. The van der Waals surface area contributed by atoms with Crippen LogP contribution in [0, 0.1) is 11.7 Å². The zero-order valence-corrected chi connectivity index (χ0v) is 17.7. The lowest BCUT2D eigenvalue weighted by molar-refractivity contribution is 0.0917. The molecule has 1 amide bonds. The van der Waals surface area contributed by atoms with Crippen molar-refractivity contribution in [2.24, 2.45) is 5.92 Å². The van der Waals surface area contributed by atoms with E-state index in [-0.39, 0.29) is 34.2 Å². The number of aromatic hydroxyl groups is 1. The zero-order chi connectivity index (χ0) is 21.7. The summed E-state index contributed by atoms with van der Waals surface area (Å²) in [6.07, 6.45) is 6.22. The number of carbonyl (C=O) groups excluding carboxylic acids is 2. The number of pyridine rings is 1. The monoisotopic (exact) mass is 432 g/mol. The first-order valence-electron chi connectivity index (χ1n) is 10.3. The molecular weight excluding hydrogens is 407 g/mol. The number of ketones is 1. The lowest BCUT2D eigenvalue weighted by atomic mass is 9.82. The van der Waals surface area contributed by atoms with Crippen molar-refractivity contribution >= 4 is 23.3 Å². The number of aryl methyl sites for hydroxylation is 1. The van der Waals surface area contributed by atoms with Crippen LogP contribution in [0.2, 0.25) is 5.15 Å². The van der Waals surface area contributed by atoms with Crippen LogP contribution in [0.1, 0.15) is 71.7 Å². The molecule has 1 aliphatic carbocycles. The minimum atomic E-state index is -0.575. The van der Waals surface area contributed by atoms with Gasteiger partial charge in [0.2, 0.25) is 0 Å². The standard InChI is InChI=1S/C23H26ClFN2O3/c1-2-14-5-9-18(21(29)11-14)23(30)27-17-7-3-15(4-8-17)6-10-20(28)19-12-16(25)13-26-22(19)24/h5,9,11-13,15,17,29H,2-4,6-8,10H2,1H3,(H,27,30). The minimum Gasteiger partial charge on any atom is -0.507 e. The van der Waals surface area contributed by atoms with Gasteiger partial charge in [-0.05, 0) is 68.2 Å². The Morgan fingerprint density at radius 1 is 1.20 bits per heavy atom. The maximum Gasteiger partial charge on any atom is 0.255 e. The van der Waals surface area contributed by atoms with Gasteiger partial charge in [0.15, 0.2) is 5.78 Å². The van der Waals surface area contributed by atoms with Gasteiger partial charge in [-0.15, -0.1) is 0 Å². The molecule has 0 saturated heterocycles. The van der Waals surface area contributed by atoms with Crippen molar-refractivity contribution in [3.05, 3.63) is 58.1 Å². The Labute approximate surface area is 180 Å². The minimum absolute atomic E-state index is 0.00421. The number of carbonyl (C=O) groups is 2. The molecule has 2 N–H and O–H groups in total. The third kappa shape index (κ3) is 5.57. The molecule has 5 nitrogen and oxygen atoms in total. The van der Waals surface area contributed by atoms with E-state index in [9.17, 15) is 19.1 Å². The Bertz CT molecular complexity index is 927. The van der Waals surface area contributed by atoms with Crippen LogP contribution in [0.25, 0.3) is 0 Å². The summed E-state index contributed by atoms with van der Waals surface area (Å²) in [5.41, 5.74) is 1.40. The molecule has 1 saturated carbocycles. The van der Waals surface area contributed by atoms with Crippen LogP contribution in [0.4, 0.5) is 4.39 Å². The molecule has 1 fully saturated rings. The van der Waals surface area contributed by atoms with Gasteiger partial charge in [0.05, 0.1) is 17.3 Å². The first-order valence-corrected chi connectivity index (χ1v) is 10.7. The average molecular weight is 433 g/mol. The highest BCUT2D eigenvalue weighted by atomic mass is 35.5. The van der Waals surface area contributed by atoms with Crippen molar-refractivity contribution in [2.45, 2.75) is 57.9 Å². The fraction of sp³-hybridized carbons (Fsp3) is 0.435. The van der Waals surface area contributed by atoms with Crippen molar-refractivity contribution in [3.8, 4) is 5.75 Å². The second-order valence-corrected chi connectivity index (χ2v) is 8.21. The van der Waals surface area contributed by atoms with Gasteiger partial charge in [-0.3, -0.25) is 9.59 Å². The third-order valence-electron chi connectivity index (χ3n) is 5.78. The molecule has 0 unspecified atom stereocenters. The predicted molar refractivity (Wildman–Crippen MR) is 113 cm³/mol. The fourth-order valence-electron chi connectivity index (χ4n) is 3.94. The first-order chi connectivity index (χ1) is 14.4. The molecule has 1 aliphatic rings. The van der Waals surface area contributed by atoms with Crippen molar-refractivity contribution in [2.75, 3.05) is 0 Å². The van der Waals surface area contributed by atoms with Gasteiger partial charge in [-0.1, -0.05) is 24.6 Å². The number of nitrogens with one attached hydrogen (secondary N) is 1. The van der Waals surface area contributed by atoms with Crippen molar-refractivity contribution in [3.63, 3.8) is 0 Å². The molecule has 160 valence electrons. The van der Waals surface area contributed by atoms with Crippen LogP contribution in [-0.2, 0) is 6.42 Å². The molecule has 1 heterocycles. The van der Waals surface area contributed by atoms with E-state index >= 15 is 0 Å². The summed E-state index contributed by atoms with van der Waals surface area (Å²) in [6, 6.07) is 6.32. The number of amides is 1. The lowest BCUT2D eigenvalue weighted by Gasteiger charge is -2.29. The Hall–Kier alpha value is -2.47. The maximum absolute atomic E-state index is 13.3. The quantitative estimate of drug-likeness (QED) is 0.471. The van der Waals surface area contributed by atoms with E-state index in [2.05, 4.69) is 10.3 Å². The largest absolute Gasteiger partial charge is 0.507 e. The van der Waals surface area contributed by atoms with Crippen molar-refractivity contribution < 1.29 is 19.1 Å². The average Bonchev–Trinajstić information content (AvgIpc) is 2.74. The summed E-state index contributed by atoms with van der Waals surface area (Å²) < 4.78 is 13.3. The number of nitrogens with zero attached hydrogens (tertiary/aromatic N) is 1. The van der Waals surface area contributed by atoms with Gasteiger partial charge in [0.1, 0.15) is 16.7 Å². The molecular formula is C23H26ClFN2O3. The number of Topliss-reactive ketones (excluding diaryl/α,β-unsaturated/α-hetero) is 1. The number of rotatable bonds is 7. The van der Waals surface area contributed by atoms with Gasteiger partial charge in [-0.2, -0.15) is 0 Å². The highest BCUT2D eigenvalue weighted by Gasteiger charge is 2.24. The molecule has 30 heavy (non-hydrogen) atoms. The second kappa shape index (κ2) is 10.0. The van der Waals surface area contributed by atoms with Crippen LogP contribution in [0.5, 0.6) is 5.75 Å². The summed E-state index contributed by atoms with van der Waals surface area (Å²) in [4.78, 5) is 28.5. The maximum atomic E-state index is 13.3. The summed E-state index contributed by atoms with van der Waals surface area (Å²) in [7, 11) is 0. The Balaban J connectivity index is 1.46. The number of benzene rings is 1. The Kier molecular flexibility index (Phi) is 7.43. The smallest absolute Gasteiger partial charge is 0.255 e. The molecule has 0 radical (unpaired) electrons. The highest BCUT2D eigenvalue weighted by Crippen LogP contribution is 2.29. The lowest BCUT2D eigenvalue weighted by Crippen LogP contribution is -2.37. The molecule has 3 rings (SSSR count). The Morgan fingerprint density at radius 2 is 1.93 bits per heavy atom. The number of phenols is 1. The molecule has 0 aliphatic heterocycles. The zero-order valence-electron chi connectivity index (χ0n) is 17.0. The van der Waals surface area contributed by atoms with Crippen LogP contribution >= 0.6 is 11.6 Å². The summed E-state index contributed by atoms with van der Waals surface area (Å²) in [5.74, 6) is -0.658.